The fourth-order valence-electron chi connectivity index (χ4n) is 2.86. The normalized spacial score (nSPS) is 18.1. The monoisotopic (exact) mass is 331 g/mol. The minimum absolute atomic E-state index is 0.520. The predicted molar refractivity (Wildman–Crippen MR) is 92.3 cm³/mol. The lowest BCUT2D eigenvalue weighted by molar-refractivity contribution is 0.366. The molecule has 1 aromatic rings. The maximum Gasteiger partial charge on any atom is 0.0453 e. The summed E-state index contributed by atoms with van der Waals surface area (Å²) in [5, 5.41) is 5.12. The zero-order chi connectivity index (χ0) is 14.4. The topological polar surface area (TPSA) is 12.0 Å². The van der Waals surface area contributed by atoms with Gasteiger partial charge in [0.2, 0.25) is 0 Å². The van der Waals surface area contributed by atoms with E-state index in [1.165, 1.54) is 36.3 Å². The van der Waals surface area contributed by atoms with Crippen molar-refractivity contribution in [3.05, 3.63) is 33.8 Å². The summed E-state index contributed by atoms with van der Waals surface area (Å²) < 4.78 is 0. The molecule has 1 nitrogen and oxygen atoms in total. The Hall–Kier alpha value is 0.110. The first kappa shape index (κ1) is 16.5. The number of thioether (sulfide) groups is 1. The minimum atomic E-state index is 0.520. The molecule has 0 aliphatic carbocycles. The Kier molecular flexibility index (Phi) is 7.03. The Balaban J connectivity index is 1.96. The van der Waals surface area contributed by atoms with Crippen LogP contribution in [0.1, 0.15) is 31.7 Å². The molecule has 1 fully saturated rings. The molecule has 2 rings (SSSR count). The highest BCUT2D eigenvalue weighted by atomic mass is 35.5. The van der Waals surface area contributed by atoms with Gasteiger partial charge in [0.25, 0.3) is 0 Å². The third kappa shape index (κ3) is 5.14. The van der Waals surface area contributed by atoms with Crippen LogP contribution in [0.5, 0.6) is 0 Å². The first-order chi connectivity index (χ1) is 9.69. The van der Waals surface area contributed by atoms with Gasteiger partial charge >= 0.3 is 0 Å². The van der Waals surface area contributed by atoms with Crippen LogP contribution in [0.3, 0.4) is 0 Å². The van der Waals surface area contributed by atoms with Crippen molar-refractivity contribution in [3.8, 4) is 0 Å². The smallest absolute Gasteiger partial charge is 0.0453 e. The van der Waals surface area contributed by atoms with E-state index in [-0.39, 0.29) is 0 Å². The lowest BCUT2D eigenvalue weighted by Crippen LogP contribution is -2.34. The Morgan fingerprint density at radius 2 is 2.05 bits per heavy atom. The quantitative estimate of drug-likeness (QED) is 0.782. The van der Waals surface area contributed by atoms with Gasteiger partial charge < -0.3 is 5.32 Å². The maximum atomic E-state index is 6.30. The summed E-state index contributed by atoms with van der Waals surface area (Å²) >= 11 is 14.4. The zero-order valence-corrected chi connectivity index (χ0v) is 14.3. The minimum Gasteiger partial charge on any atom is -0.314 e. The van der Waals surface area contributed by atoms with Crippen molar-refractivity contribution < 1.29 is 0 Å². The molecular weight excluding hydrogens is 309 g/mol. The van der Waals surface area contributed by atoms with Gasteiger partial charge in [0.15, 0.2) is 0 Å². The fraction of sp³-hybridized carbons (Fsp3) is 0.625. The van der Waals surface area contributed by atoms with E-state index in [9.17, 15) is 0 Å². The number of nitrogens with one attached hydrogen (secondary N) is 1. The van der Waals surface area contributed by atoms with Crippen LogP contribution in [0.25, 0.3) is 0 Å². The molecule has 0 spiro atoms. The summed E-state index contributed by atoms with van der Waals surface area (Å²) in [5.41, 5.74) is 1.20. The highest BCUT2D eigenvalue weighted by Crippen LogP contribution is 2.28. The molecule has 4 heteroatoms. The Labute approximate surface area is 136 Å². The van der Waals surface area contributed by atoms with Gasteiger partial charge in [-0.15, -0.1) is 0 Å². The van der Waals surface area contributed by atoms with Crippen LogP contribution in [0, 0.1) is 5.92 Å². The van der Waals surface area contributed by atoms with Crippen LogP contribution in [0.2, 0.25) is 10.0 Å². The lowest BCUT2D eigenvalue weighted by Gasteiger charge is -2.27. The first-order valence-electron chi connectivity index (χ1n) is 7.44. The SMILES string of the molecule is CCNC(Cc1ccc(Cl)cc1Cl)CC1CCSCC1. The second-order valence-electron chi connectivity index (χ2n) is 5.49. The molecule has 1 unspecified atom stereocenters. The van der Waals surface area contributed by atoms with Gasteiger partial charge in [-0.1, -0.05) is 36.2 Å². The Morgan fingerprint density at radius 1 is 1.30 bits per heavy atom. The van der Waals surface area contributed by atoms with Crippen molar-refractivity contribution in [2.24, 2.45) is 5.92 Å². The van der Waals surface area contributed by atoms with Crippen LogP contribution in [-0.4, -0.2) is 24.1 Å². The molecule has 0 saturated carbocycles. The summed E-state index contributed by atoms with van der Waals surface area (Å²) in [5.74, 6) is 3.52. The van der Waals surface area contributed by atoms with Crippen LogP contribution in [0.4, 0.5) is 0 Å². The zero-order valence-electron chi connectivity index (χ0n) is 12.0. The van der Waals surface area contributed by atoms with Gasteiger partial charge in [-0.25, -0.2) is 0 Å². The van der Waals surface area contributed by atoms with Gasteiger partial charge in [-0.2, -0.15) is 11.8 Å². The van der Waals surface area contributed by atoms with Gasteiger partial charge in [0, 0.05) is 16.1 Å². The molecule has 1 aliphatic rings. The number of likely N-dealkylation sites (N-methyl/N-ethyl adjacent to an activating group) is 1. The largest absolute Gasteiger partial charge is 0.314 e. The Morgan fingerprint density at radius 3 is 2.70 bits per heavy atom. The molecular formula is C16H23Cl2NS. The molecule has 20 heavy (non-hydrogen) atoms. The standard InChI is InChI=1S/C16H23Cl2NS/c1-2-19-15(9-12-5-7-20-8-6-12)10-13-3-4-14(17)11-16(13)18/h3-4,11-12,15,19H,2,5-10H2,1H3. The average Bonchev–Trinajstić information content (AvgIpc) is 2.43. The fourth-order valence-corrected chi connectivity index (χ4v) is 4.55. The van der Waals surface area contributed by atoms with E-state index >= 15 is 0 Å². The van der Waals surface area contributed by atoms with Gasteiger partial charge in [-0.3, -0.25) is 0 Å². The third-order valence-corrected chi connectivity index (χ3v) is 5.57. The molecule has 1 atom stereocenters. The lowest BCUT2D eigenvalue weighted by atomic mass is 9.91. The molecule has 0 aromatic heterocycles. The van der Waals surface area contributed by atoms with Crippen LogP contribution in [0.15, 0.2) is 18.2 Å². The third-order valence-electron chi connectivity index (χ3n) is 3.93. The number of hydrogen-bond donors (Lipinski definition) is 1. The summed E-state index contributed by atoms with van der Waals surface area (Å²) in [6.07, 6.45) is 4.97. The van der Waals surface area contributed by atoms with E-state index in [0.29, 0.717) is 11.1 Å². The van der Waals surface area contributed by atoms with Crippen LogP contribution < -0.4 is 5.32 Å². The molecule has 0 amide bonds. The molecule has 1 N–H and O–H groups in total. The predicted octanol–water partition coefficient (Wildman–Crippen LogP) is 5.05. The summed E-state index contributed by atoms with van der Waals surface area (Å²) in [6, 6.07) is 6.36. The molecule has 0 bridgehead atoms. The highest BCUT2D eigenvalue weighted by molar-refractivity contribution is 7.99. The van der Waals surface area contributed by atoms with E-state index in [1.54, 1.807) is 0 Å². The second-order valence-corrected chi connectivity index (χ2v) is 7.55. The van der Waals surface area contributed by atoms with E-state index in [2.05, 4.69) is 30.1 Å². The van der Waals surface area contributed by atoms with Gasteiger partial charge in [0.1, 0.15) is 0 Å². The molecule has 1 saturated heterocycles. The van der Waals surface area contributed by atoms with E-state index < -0.39 is 0 Å². The molecule has 1 aliphatic heterocycles. The van der Waals surface area contributed by atoms with Crippen molar-refractivity contribution in [2.45, 2.75) is 38.6 Å². The second kappa shape index (κ2) is 8.53. The molecule has 1 aromatic carbocycles. The first-order valence-corrected chi connectivity index (χ1v) is 9.35. The average molecular weight is 332 g/mol. The van der Waals surface area contributed by atoms with Crippen molar-refractivity contribution in [3.63, 3.8) is 0 Å². The summed E-state index contributed by atoms with van der Waals surface area (Å²) in [4.78, 5) is 0. The van der Waals surface area contributed by atoms with E-state index in [1.807, 2.05) is 12.1 Å². The van der Waals surface area contributed by atoms with Gasteiger partial charge in [0.05, 0.1) is 0 Å². The molecule has 1 heterocycles. The van der Waals surface area contributed by atoms with Crippen LogP contribution >= 0.6 is 35.0 Å². The molecule has 112 valence electrons. The summed E-state index contributed by atoms with van der Waals surface area (Å²) in [6.45, 7) is 3.19. The number of halogens is 2. The Bertz CT molecular complexity index is 419. The molecule has 0 radical (unpaired) electrons. The highest BCUT2D eigenvalue weighted by Gasteiger charge is 2.19. The number of benzene rings is 1. The van der Waals surface area contributed by atoms with Crippen molar-refractivity contribution >= 4 is 35.0 Å². The van der Waals surface area contributed by atoms with Crippen molar-refractivity contribution in [2.75, 3.05) is 18.1 Å². The van der Waals surface area contributed by atoms with Crippen molar-refractivity contribution in [1.82, 2.24) is 5.32 Å². The summed E-state index contributed by atoms with van der Waals surface area (Å²) in [7, 11) is 0. The van der Waals surface area contributed by atoms with Crippen molar-refractivity contribution in [1.29, 1.82) is 0 Å². The van der Waals surface area contributed by atoms with Crippen LogP contribution in [-0.2, 0) is 6.42 Å². The maximum absolute atomic E-state index is 6.30. The number of rotatable bonds is 6. The van der Waals surface area contributed by atoms with E-state index in [4.69, 9.17) is 23.2 Å². The number of hydrogen-bond acceptors (Lipinski definition) is 2. The van der Waals surface area contributed by atoms with E-state index in [0.717, 1.165) is 23.9 Å². The van der Waals surface area contributed by atoms with Gasteiger partial charge in [-0.05, 0) is 67.3 Å².